The first-order valence-corrected chi connectivity index (χ1v) is 4.03. The third kappa shape index (κ3) is 1.85. The zero-order valence-electron chi connectivity index (χ0n) is 8.21. The second kappa shape index (κ2) is 2.83. The summed E-state index contributed by atoms with van der Waals surface area (Å²) in [7, 11) is 0. The summed E-state index contributed by atoms with van der Waals surface area (Å²) in [5.74, 6) is 0.343. The van der Waals surface area contributed by atoms with Crippen LogP contribution in [0.1, 0.15) is 26.6 Å². The van der Waals surface area contributed by atoms with Crippen molar-refractivity contribution in [3.63, 3.8) is 0 Å². The molecule has 0 radical (unpaired) electrons. The van der Waals surface area contributed by atoms with Gasteiger partial charge in [0, 0.05) is 5.54 Å². The van der Waals surface area contributed by atoms with Crippen molar-refractivity contribution in [2.75, 3.05) is 0 Å². The van der Waals surface area contributed by atoms with E-state index in [1.54, 1.807) is 27.7 Å². The topological polar surface area (TPSA) is 67.8 Å². The van der Waals surface area contributed by atoms with Crippen LogP contribution in [0.3, 0.4) is 0 Å². The summed E-state index contributed by atoms with van der Waals surface area (Å²) in [4.78, 5) is 28.8. The second-order valence-corrected chi connectivity index (χ2v) is 3.92. The van der Waals surface area contributed by atoms with E-state index in [4.69, 9.17) is 0 Å². The van der Waals surface area contributed by atoms with Gasteiger partial charge in [-0.3, -0.25) is 4.98 Å². The lowest BCUT2D eigenvalue weighted by Gasteiger charge is -2.19. The van der Waals surface area contributed by atoms with Crippen LogP contribution in [0, 0.1) is 6.92 Å². The van der Waals surface area contributed by atoms with Gasteiger partial charge in [0.25, 0.3) is 0 Å². The summed E-state index contributed by atoms with van der Waals surface area (Å²) in [6, 6.07) is 0. The van der Waals surface area contributed by atoms with E-state index in [2.05, 4.69) is 9.97 Å². The summed E-state index contributed by atoms with van der Waals surface area (Å²) in [6.45, 7) is 6.91. The van der Waals surface area contributed by atoms with Gasteiger partial charge < -0.3 is 0 Å². The molecule has 1 aromatic rings. The van der Waals surface area contributed by atoms with Crippen LogP contribution < -0.4 is 11.4 Å². The Morgan fingerprint density at radius 1 is 1.31 bits per heavy atom. The average molecular weight is 183 g/mol. The van der Waals surface area contributed by atoms with Crippen LogP contribution in [-0.2, 0) is 5.54 Å². The van der Waals surface area contributed by atoms with E-state index in [0.717, 1.165) is 4.57 Å². The molecule has 0 aliphatic carbocycles. The molecule has 1 N–H and O–H groups in total. The fraction of sp³-hybridized carbons (Fsp3) is 0.625. The van der Waals surface area contributed by atoms with Gasteiger partial charge in [0.2, 0.25) is 0 Å². The second-order valence-electron chi connectivity index (χ2n) is 3.92. The number of nitrogens with zero attached hydrogens (tertiary/aromatic N) is 2. The van der Waals surface area contributed by atoms with Crippen molar-refractivity contribution in [3.05, 3.63) is 26.8 Å². The zero-order valence-corrected chi connectivity index (χ0v) is 8.21. The zero-order chi connectivity index (χ0) is 10.2. The van der Waals surface area contributed by atoms with Gasteiger partial charge >= 0.3 is 11.4 Å². The van der Waals surface area contributed by atoms with Crippen molar-refractivity contribution >= 4 is 0 Å². The Morgan fingerprint density at radius 2 is 1.85 bits per heavy atom. The van der Waals surface area contributed by atoms with Crippen LogP contribution in [0.2, 0.25) is 0 Å². The molecule has 0 atom stereocenters. The highest BCUT2D eigenvalue weighted by molar-refractivity contribution is 4.84. The highest BCUT2D eigenvalue weighted by Gasteiger charge is 2.18. The molecule has 0 aromatic carbocycles. The maximum absolute atomic E-state index is 11.4. The summed E-state index contributed by atoms with van der Waals surface area (Å²) >= 11 is 0. The third-order valence-corrected chi connectivity index (χ3v) is 1.62. The van der Waals surface area contributed by atoms with Crippen molar-refractivity contribution in [1.82, 2.24) is 14.5 Å². The van der Waals surface area contributed by atoms with E-state index < -0.39 is 16.9 Å². The quantitative estimate of drug-likeness (QED) is 0.615. The molecule has 1 heterocycles. The first kappa shape index (κ1) is 9.70. The molecule has 0 unspecified atom stereocenters. The van der Waals surface area contributed by atoms with Gasteiger partial charge in [0.1, 0.15) is 5.82 Å². The van der Waals surface area contributed by atoms with Crippen molar-refractivity contribution in [1.29, 1.82) is 0 Å². The van der Waals surface area contributed by atoms with Crippen molar-refractivity contribution in [3.8, 4) is 0 Å². The number of aromatic amines is 1. The van der Waals surface area contributed by atoms with Crippen LogP contribution in [0.25, 0.3) is 0 Å². The fourth-order valence-corrected chi connectivity index (χ4v) is 1.11. The maximum atomic E-state index is 11.4. The SMILES string of the molecule is Cc1nc(=O)n(C(C)(C)C)c(=O)[nH]1. The van der Waals surface area contributed by atoms with Gasteiger partial charge in [-0.15, -0.1) is 0 Å². The van der Waals surface area contributed by atoms with Gasteiger partial charge in [0.15, 0.2) is 0 Å². The number of rotatable bonds is 0. The molecule has 1 rings (SSSR count). The van der Waals surface area contributed by atoms with Gasteiger partial charge in [-0.25, -0.2) is 14.2 Å². The Morgan fingerprint density at radius 3 is 2.23 bits per heavy atom. The van der Waals surface area contributed by atoms with Crippen LogP contribution >= 0.6 is 0 Å². The van der Waals surface area contributed by atoms with Gasteiger partial charge in [-0.1, -0.05) is 0 Å². The third-order valence-electron chi connectivity index (χ3n) is 1.62. The van der Waals surface area contributed by atoms with E-state index in [9.17, 15) is 9.59 Å². The lowest BCUT2D eigenvalue weighted by molar-refractivity contribution is 0.357. The average Bonchev–Trinajstić information content (AvgIpc) is 1.78. The minimum Gasteiger partial charge on any atom is -0.295 e. The fourth-order valence-electron chi connectivity index (χ4n) is 1.11. The molecule has 0 aliphatic heterocycles. The standard InChI is InChI=1S/C8H13N3O2/c1-5-9-6(12)11(7(13)10-5)8(2,3)4/h1-4H3,(H,9,10,12,13). The molecule has 0 bridgehead atoms. The number of H-pyrrole nitrogens is 1. The largest absolute Gasteiger partial charge is 0.353 e. The number of nitrogens with one attached hydrogen (secondary N) is 1. The molecule has 0 amide bonds. The molecule has 13 heavy (non-hydrogen) atoms. The summed E-state index contributed by atoms with van der Waals surface area (Å²) in [5.41, 5.74) is -1.45. The highest BCUT2D eigenvalue weighted by atomic mass is 16.2. The van der Waals surface area contributed by atoms with E-state index >= 15 is 0 Å². The number of hydrogen-bond donors (Lipinski definition) is 1. The molecule has 5 nitrogen and oxygen atoms in total. The molecule has 1 aromatic heterocycles. The van der Waals surface area contributed by atoms with Crippen molar-refractivity contribution in [2.45, 2.75) is 33.2 Å². The smallest absolute Gasteiger partial charge is 0.295 e. The van der Waals surface area contributed by atoms with Crippen LogP contribution in [0.5, 0.6) is 0 Å². The molecule has 5 heteroatoms. The van der Waals surface area contributed by atoms with Crippen LogP contribution in [-0.4, -0.2) is 14.5 Å². The van der Waals surface area contributed by atoms with Gasteiger partial charge in [-0.2, -0.15) is 4.98 Å². The molecule has 72 valence electrons. The molecule has 0 fully saturated rings. The van der Waals surface area contributed by atoms with E-state index in [-0.39, 0.29) is 0 Å². The highest BCUT2D eigenvalue weighted by Crippen LogP contribution is 2.05. The Bertz CT molecular complexity index is 391. The Hall–Kier alpha value is -1.39. The predicted molar refractivity (Wildman–Crippen MR) is 48.9 cm³/mol. The molecular formula is C8H13N3O2. The van der Waals surface area contributed by atoms with Crippen molar-refractivity contribution in [2.24, 2.45) is 0 Å². The maximum Gasteiger partial charge on any atom is 0.353 e. The molecule has 0 spiro atoms. The molecule has 0 saturated carbocycles. The summed E-state index contributed by atoms with van der Waals surface area (Å²) < 4.78 is 1.10. The monoisotopic (exact) mass is 183 g/mol. The molecular weight excluding hydrogens is 170 g/mol. The van der Waals surface area contributed by atoms with Crippen molar-refractivity contribution < 1.29 is 0 Å². The van der Waals surface area contributed by atoms with E-state index in [0.29, 0.717) is 5.82 Å². The Labute approximate surface area is 75.4 Å². The predicted octanol–water partition coefficient (Wildman–Crippen LogP) is -0.00498. The lowest BCUT2D eigenvalue weighted by atomic mass is 10.1. The molecule has 0 saturated heterocycles. The number of hydrogen-bond acceptors (Lipinski definition) is 3. The van der Waals surface area contributed by atoms with Crippen LogP contribution in [0.15, 0.2) is 9.59 Å². The lowest BCUT2D eigenvalue weighted by Crippen LogP contribution is -2.46. The normalized spacial score (nSPS) is 11.7. The number of aryl methyl sites for hydroxylation is 1. The van der Waals surface area contributed by atoms with E-state index in [1.807, 2.05) is 0 Å². The summed E-state index contributed by atoms with van der Waals surface area (Å²) in [5, 5.41) is 0. The number of aromatic nitrogens is 3. The molecule has 0 aliphatic rings. The minimum atomic E-state index is -0.536. The Balaban J connectivity index is 3.58. The van der Waals surface area contributed by atoms with Gasteiger partial charge in [-0.05, 0) is 27.7 Å². The Kier molecular flexibility index (Phi) is 2.11. The first-order valence-electron chi connectivity index (χ1n) is 4.03. The van der Waals surface area contributed by atoms with E-state index in [1.165, 1.54) is 0 Å². The summed E-state index contributed by atoms with van der Waals surface area (Å²) in [6.07, 6.45) is 0. The van der Waals surface area contributed by atoms with Crippen LogP contribution in [0.4, 0.5) is 0 Å². The van der Waals surface area contributed by atoms with Gasteiger partial charge in [0.05, 0.1) is 0 Å². The minimum absolute atomic E-state index is 0.343. The first-order chi connectivity index (χ1) is 5.82.